The molecule has 1 aromatic heterocycles. The number of nitrogens with zero attached hydrogens (tertiary/aromatic N) is 1. The largest absolute Gasteiger partial charge is 0.346 e. The third-order valence-electron chi connectivity index (χ3n) is 4.18. The summed E-state index contributed by atoms with van der Waals surface area (Å²) in [6.07, 6.45) is 4.12. The average Bonchev–Trinajstić information content (AvgIpc) is 2.69. The van der Waals surface area contributed by atoms with E-state index in [4.69, 9.17) is 0 Å². The van der Waals surface area contributed by atoms with E-state index >= 15 is 0 Å². The Balaban J connectivity index is 1.68. The summed E-state index contributed by atoms with van der Waals surface area (Å²) in [5.74, 6) is -2.83. The van der Waals surface area contributed by atoms with Gasteiger partial charge in [0.25, 0.3) is 0 Å². The van der Waals surface area contributed by atoms with Crippen molar-refractivity contribution >= 4 is 12.0 Å². The first-order chi connectivity index (χ1) is 13.4. The smallest absolute Gasteiger partial charge is 0.244 e. The van der Waals surface area contributed by atoms with Gasteiger partial charge in [-0.1, -0.05) is 24.3 Å². The standard InChI is InChI=1S/C22H17F3N2O/c1-14(27-22(28)10-6-15-5-8-19(23)20(24)11-15)16-3-2-4-17(12-16)18-7-9-21(25)26-13-18/h2-14H,1H3,(H,27,28)/b10-6+/t14-/m0/s1. The lowest BCUT2D eigenvalue weighted by Gasteiger charge is -2.14. The number of carbonyl (C=O) groups excluding carboxylic acids is 1. The quantitative estimate of drug-likeness (QED) is 0.495. The Kier molecular flexibility index (Phi) is 5.89. The summed E-state index contributed by atoms with van der Waals surface area (Å²) in [5.41, 5.74) is 2.85. The van der Waals surface area contributed by atoms with Gasteiger partial charge in [0.1, 0.15) is 0 Å². The minimum atomic E-state index is -0.969. The zero-order valence-electron chi connectivity index (χ0n) is 15.0. The van der Waals surface area contributed by atoms with Crippen LogP contribution in [0.1, 0.15) is 24.1 Å². The van der Waals surface area contributed by atoms with Crippen molar-refractivity contribution in [3.05, 3.63) is 95.6 Å². The molecule has 0 saturated carbocycles. The van der Waals surface area contributed by atoms with Gasteiger partial charge >= 0.3 is 0 Å². The molecule has 142 valence electrons. The van der Waals surface area contributed by atoms with E-state index in [0.29, 0.717) is 5.56 Å². The first-order valence-corrected chi connectivity index (χ1v) is 8.58. The lowest BCUT2D eigenvalue weighted by Crippen LogP contribution is -2.24. The van der Waals surface area contributed by atoms with Crippen molar-refractivity contribution in [2.75, 3.05) is 0 Å². The number of pyridine rings is 1. The van der Waals surface area contributed by atoms with Crippen molar-refractivity contribution in [3.8, 4) is 11.1 Å². The molecule has 0 aliphatic carbocycles. The molecule has 0 aliphatic heterocycles. The van der Waals surface area contributed by atoms with Crippen LogP contribution in [-0.4, -0.2) is 10.9 Å². The Morgan fingerprint density at radius 1 is 1.00 bits per heavy atom. The lowest BCUT2D eigenvalue weighted by molar-refractivity contribution is -0.117. The molecule has 0 saturated heterocycles. The minimum absolute atomic E-state index is 0.296. The predicted molar refractivity (Wildman–Crippen MR) is 102 cm³/mol. The number of nitrogens with one attached hydrogen (secondary N) is 1. The molecule has 0 unspecified atom stereocenters. The second-order valence-electron chi connectivity index (χ2n) is 6.23. The molecular formula is C22H17F3N2O. The lowest BCUT2D eigenvalue weighted by atomic mass is 10.0. The van der Waals surface area contributed by atoms with Crippen LogP contribution in [0.15, 0.2) is 66.9 Å². The number of amides is 1. The molecular weight excluding hydrogens is 365 g/mol. The van der Waals surface area contributed by atoms with Gasteiger partial charge in [0, 0.05) is 17.8 Å². The zero-order chi connectivity index (χ0) is 20.1. The van der Waals surface area contributed by atoms with Crippen LogP contribution in [0.4, 0.5) is 13.2 Å². The number of benzene rings is 2. The van der Waals surface area contributed by atoms with E-state index in [0.717, 1.165) is 28.8 Å². The third kappa shape index (κ3) is 4.85. The van der Waals surface area contributed by atoms with E-state index in [1.54, 1.807) is 6.07 Å². The molecule has 2 aromatic carbocycles. The van der Waals surface area contributed by atoms with Crippen molar-refractivity contribution in [1.82, 2.24) is 10.3 Å². The summed E-state index contributed by atoms with van der Waals surface area (Å²) < 4.78 is 39.1. The SMILES string of the molecule is C[C@H](NC(=O)/C=C/c1ccc(F)c(F)c1)c1cccc(-c2ccc(F)nc2)c1. The maximum Gasteiger partial charge on any atom is 0.244 e. The first kappa shape index (κ1) is 19.4. The van der Waals surface area contributed by atoms with Crippen LogP contribution >= 0.6 is 0 Å². The van der Waals surface area contributed by atoms with Crippen molar-refractivity contribution in [3.63, 3.8) is 0 Å². The molecule has 1 heterocycles. The molecule has 1 amide bonds. The fourth-order valence-electron chi connectivity index (χ4n) is 2.67. The van der Waals surface area contributed by atoms with Crippen LogP contribution in [0.25, 0.3) is 17.2 Å². The van der Waals surface area contributed by atoms with Crippen LogP contribution in [0.3, 0.4) is 0 Å². The number of rotatable bonds is 5. The molecule has 3 rings (SSSR count). The molecule has 0 bridgehead atoms. The molecule has 3 nitrogen and oxygen atoms in total. The van der Waals surface area contributed by atoms with Crippen LogP contribution in [-0.2, 0) is 4.79 Å². The maximum absolute atomic E-state index is 13.2. The highest BCUT2D eigenvalue weighted by Gasteiger charge is 2.09. The Labute approximate surface area is 160 Å². The normalized spacial score (nSPS) is 12.1. The molecule has 3 aromatic rings. The van der Waals surface area contributed by atoms with Gasteiger partial charge in [-0.2, -0.15) is 4.39 Å². The van der Waals surface area contributed by atoms with E-state index in [2.05, 4.69) is 10.3 Å². The Hall–Kier alpha value is -3.41. The van der Waals surface area contributed by atoms with Crippen molar-refractivity contribution < 1.29 is 18.0 Å². The molecule has 6 heteroatoms. The Morgan fingerprint density at radius 2 is 1.82 bits per heavy atom. The average molecular weight is 382 g/mol. The summed E-state index contributed by atoms with van der Waals surface area (Å²) in [7, 11) is 0. The van der Waals surface area contributed by atoms with Crippen LogP contribution in [0.2, 0.25) is 0 Å². The van der Waals surface area contributed by atoms with E-state index in [-0.39, 0.29) is 11.9 Å². The van der Waals surface area contributed by atoms with E-state index < -0.39 is 17.6 Å². The molecule has 0 fully saturated rings. The topological polar surface area (TPSA) is 42.0 Å². The van der Waals surface area contributed by atoms with Crippen LogP contribution < -0.4 is 5.32 Å². The van der Waals surface area contributed by atoms with E-state index in [1.165, 1.54) is 30.5 Å². The summed E-state index contributed by atoms with van der Waals surface area (Å²) in [4.78, 5) is 15.8. The van der Waals surface area contributed by atoms with Crippen molar-refractivity contribution in [2.45, 2.75) is 13.0 Å². The number of carbonyl (C=O) groups is 1. The van der Waals surface area contributed by atoms with E-state index in [9.17, 15) is 18.0 Å². The van der Waals surface area contributed by atoms with Gasteiger partial charge in [-0.05, 0) is 60.0 Å². The second kappa shape index (κ2) is 8.52. The van der Waals surface area contributed by atoms with Gasteiger partial charge < -0.3 is 5.32 Å². The summed E-state index contributed by atoms with van der Waals surface area (Å²) in [6, 6.07) is 13.5. The van der Waals surface area contributed by atoms with Gasteiger partial charge in [-0.3, -0.25) is 4.79 Å². The van der Waals surface area contributed by atoms with Gasteiger partial charge in [0.05, 0.1) is 6.04 Å². The molecule has 0 spiro atoms. The predicted octanol–water partition coefficient (Wildman–Crippen LogP) is 5.06. The molecule has 1 N–H and O–H groups in total. The third-order valence-corrected chi connectivity index (χ3v) is 4.18. The number of hydrogen-bond donors (Lipinski definition) is 1. The molecule has 0 radical (unpaired) electrons. The second-order valence-corrected chi connectivity index (χ2v) is 6.23. The fraction of sp³-hybridized carbons (Fsp3) is 0.0909. The first-order valence-electron chi connectivity index (χ1n) is 8.58. The van der Waals surface area contributed by atoms with Gasteiger partial charge in [-0.25, -0.2) is 13.8 Å². The van der Waals surface area contributed by atoms with Crippen molar-refractivity contribution in [1.29, 1.82) is 0 Å². The van der Waals surface area contributed by atoms with Gasteiger partial charge in [0.2, 0.25) is 11.9 Å². The Morgan fingerprint density at radius 3 is 2.54 bits per heavy atom. The van der Waals surface area contributed by atoms with Gasteiger partial charge in [-0.15, -0.1) is 0 Å². The summed E-state index contributed by atoms with van der Waals surface area (Å²) in [5, 5.41) is 2.81. The van der Waals surface area contributed by atoms with Gasteiger partial charge in [0.15, 0.2) is 11.6 Å². The molecule has 28 heavy (non-hydrogen) atoms. The van der Waals surface area contributed by atoms with E-state index in [1.807, 2.05) is 31.2 Å². The van der Waals surface area contributed by atoms with Crippen LogP contribution in [0, 0.1) is 17.6 Å². The number of aromatic nitrogens is 1. The summed E-state index contributed by atoms with van der Waals surface area (Å²) in [6.45, 7) is 1.82. The Bertz CT molecular complexity index is 1020. The highest BCUT2D eigenvalue weighted by atomic mass is 19.2. The zero-order valence-corrected chi connectivity index (χ0v) is 15.0. The number of halogens is 3. The minimum Gasteiger partial charge on any atom is -0.346 e. The fourth-order valence-corrected chi connectivity index (χ4v) is 2.67. The highest BCUT2D eigenvalue weighted by molar-refractivity contribution is 5.92. The van der Waals surface area contributed by atoms with Crippen LogP contribution in [0.5, 0.6) is 0 Å². The molecule has 0 aliphatic rings. The highest BCUT2D eigenvalue weighted by Crippen LogP contribution is 2.23. The maximum atomic E-state index is 13.2. The molecule has 1 atom stereocenters. The summed E-state index contributed by atoms with van der Waals surface area (Å²) >= 11 is 0. The monoisotopic (exact) mass is 382 g/mol. The number of hydrogen-bond acceptors (Lipinski definition) is 2. The van der Waals surface area contributed by atoms with Crippen molar-refractivity contribution in [2.24, 2.45) is 0 Å².